The Morgan fingerprint density at radius 1 is 1.50 bits per heavy atom. The minimum absolute atomic E-state index is 0.000336. The van der Waals surface area contributed by atoms with Crippen LogP contribution in [-0.2, 0) is 11.3 Å². The van der Waals surface area contributed by atoms with Crippen molar-refractivity contribution in [2.24, 2.45) is 0 Å². The molecule has 0 atom stereocenters. The summed E-state index contributed by atoms with van der Waals surface area (Å²) in [6, 6.07) is 5.84. The summed E-state index contributed by atoms with van der Waals surface area (Å²) >= 11 is 5.33. The summed E-state index contributed by atoms with van der Waals surface area (Å²) in [5.74, 6) is 0.800. The second-order valence-corrected chi connectivity index (χ2v) is 4.89. The molecule has 2 rings (SSSR count). The average Bonchev–Trinajstić information content (AvgIpc) is 2.78. The molecule has 0 aliphatic carbocycles. The lowest BCUT2D eigenvalue weighted by Crippen LogP contribution is -2.19. The average molecular weight is 293 g/mol. The fourth-order valence-electron chi connectivity index (χ4n) is 2.05. The Labute approximate surface area is 122 Å². The van der Waals surface area contributed by atoms with Gasteiger partial charge in [-0.2, -0.15) is 0 Å². The summed E-state index contributed by atoms with van der Waals surface area (Å²) in [4.78, 5) is 14.5. The van der Waals surface area contributed by atoms with E-state index in [1.165, 1.54) is 0 Å². The van der Waals surface area contributed by atoms with Crippen LogP contribution in [0.3, 0.4) is 0 Å². The number of benzene rings is 1. The second kappa shape index (κ2) is 6.56. The third kappa shape index (κ3) is 3.01. The first kappa shape index (κ1) is 14.6. The number of aryl methyl sites for hydroxylation is 1. The lowest BCUT2D eigenvalue weighted by atomic mass is 10.3. The molecular weight excluding hydrogens is 274 g/mol. The van der Waals surface area contributed by atoms with Gasteiger partial charge in [-0.25, -0.2) is 0 Å². The largest absolute Gasteiger partial charge is 0.491 e. The molecule has 0 saturated heterocycles. The molecule has 1 heterocycles. The number of carbonyl (C=O) groups excluding carboxylic acids is 1. The molecule has 0 aliphatic heterocycles. The number of fused-ring (bicyclic) bond motifs is 1. The molecule has 108 valence electrons. The van der Waals surface area contributed by atoms with Crippen molar-refractivity contribution in [3.8, 4) is 5.75 Å². The van der Waals surface area contributed by atoms with Crippen LogP contribution in [0.15, 0.2) is 18.2 Å². The maximum Gasteiger partial charge on any atom is 0.221 e. The number of rotatable bonds is 6. The highest BCUT2D eigenvalue weighted by Gasteiger charge is 2.10. The van der Waals surface area contributed by atoms with Crippen LogP contribution in [0.25, 0.3) is 11.0 Å². The number of imidazole rings is 1. The molecule has 0 saturated carbocycles. The molecule has 0 aliphatic rings. The van der Waals surface area contributed by atoms with Gasteiger partial charge in [-0.05, 0) is 30.8 Å². The van der Waals surface area contributed by atoms with Gasteiger partial charge >= 0.3 is 0 Å². The van der Waals surface area contributed by atoms with Gasteiger partial charge in [0.1, 0.15) is 11.3 Å². The summed E-state index contributed by atoms with van der Waals surface area (Å²) in [5.41, 5.74) is 1.86. The first-order valence-corrected chi connectivity index (χ1v) is 7.13. The van der Waals surface area contributed by atoms with Crippen molar-refractivity contribution in [1.29, 1.82) is 0 Å². The van der Waals surface area contributed by atoms with Crippen LogP contribution in [0.4, 0.5) is 0 Å². The fourth-order valence-corrected chi connectivity index (χ4v) is 2.34. The van der Waals surface area contributed by atoms with Gasteiger partial charge in [-0.3, -0.25) is 4.79 Å². The minimum Gasteiger partial charge on any atom is -0.491 e. The van der Waals surface area contributed by atoms with E-state index in [9.17, 15) is 4.79 Å². The Balaban J connectivity index is 2.34. The molecule has 5 nitrogen and oxygen atoms in total. The monoisotopic (exact) mass is 293 g/mol. The van der Waals surface area contributed by atoms with E-state index in [-0.39, 0.29) is 5.91 Å². The predicted molar refractivity (Wildman–Crippen MR) is 81.6 cm³/mol. The number of hydrogen-bond acceptors (Lipinski definition) is 3. The Kier molecular flexibility index (Phi) is 4.79. The normalized spacial score (nSPS) is 10.7. The number of nitrogens with one attached hydrogen (secondary N) is 2. The summed E-state index contributed by atoms with van der Waals surface area (Å²) in [7, 11) is 1.63. The lowest BCUT2D eigenvalue weighted by Gasteiger charge is -2.07. The highest BCUT2D eigenvalue weighted by atomic mass is 32.1. The van der Waals surface area contributed by atoms with Crippen LogP contribution >= 0.6 is 12.2 Å². The Morgan fingerprint density at radius 2 is 2.30 bits per heavy atom. The van der Waals surface area contributed by atoms with Crippen molar-refractivity contribution >= 4 is 29.2 Å². The third-order valence-corrected chi connectivity index (χ3v) is 3.40. The number of carbonyl (C=O) groups is 1. The first-order valence-electron chi connectivity index (χ1n) is 6.72. The van der Waals surface area contributed by atoms with Gasteiger partial charge in [-0.15, -0.1) is 0 Å². The van der Waals surface area contributed by atoms with Gasteiger partial charge in [0.25, 0.3) is 0 Å². The molecule has 0 radical (unpaired) electrons. The van der Waals surface area contributed by atoms with Crippen molar-refractivity contribution < 1.29 is 9.53 Å². The smallest absolute Gasteiger partial charge is 0.221 e. The first-order chi connectivity index (χ1) is 9.67. The molecule has 0 fully saturated rings. The molecule has 0 spiro atoms. The van der Waals surface area contributed by atoms with E-state index in [4.69, 9.17) is 17.0 Å². The number of amides is 1. The molecule has 1 aromatic carbocycles. The van der Waals surface area contributed by atoms with Crippen molar-refractivity contribution in [1.82, 2.24) is 14.9 Å². The molecule has 6 heteroatoms. The number of aromatic amines is 1. The van der Waals surface area contributed by atoms with Crippen molar-refractivity contribution in [3.05, 3.63) is 23.0 Å². The molecule has 1 aromatic heterocycles. The van der Waals surface area contributed by atoms with Gasteiger partial charge < -0.3 is 19.6 Å². The third-order valence-electron chi connectivity index (χ3n) is 3.08. The zero-order valence-electron chi connectivity index (χ0n) is 11.7. The molecule has 1 amide bonds. The van der Waals surface area contributed by atoms with Gasteiger partial charge in [0.2, 0.25) is 5.91 Å². The molecule has 2 aromatic rings. The Morgan fingerprint density at radius 3 is 3.00 bits per heavy atom. The van der Waals surface area contributed by atoms with E-state index in [0.29, 0.717) is 24.3 Å². The highest BCUT2D eigenvalue weighted by molar-refractivity contribution is 7.71. The number of hydrogen-bond donors (Lipinski definition) is 2. The molecular formula is C14H19N3O2S. The van der Waals surface area contributed by atoms with Crippen LogP contribution in [0.2, 0.25) is 0 Å². The van der Waals surface area contributed by atoms with Crippen LogP contribution < -0.4 is 10.1 Å². The molecule has 0 bridgehead atoms. The zero-order valence-corrected chi connectivity index (χ0v) is 12.5. The van der Waals surface area contributed by atoms with E-state index in [2.05, 4.69) is 17.2 Å². The Bertz CT molecular complexity index is 660. The van der Waals surface area contributed by atoms with Crippen LogP contribution in [-0.4, -0.2) is 29.1 Å². The SMILES string of the molecule is CCCOc1cccc2c1[nH]c(=S)n2CCC(=O)NC. The zero-order chi connectivity index (χ0) is 14.5. The van der Waals surface area contributed by atoms with Crippen molar-refractivity contribution in [2.75, 3.05) is 13.7 Å². The summed E-state index contributed by atoms with van der Waals surface area (Å²) < 4.78 is 8.25. The number of aromatic nitrogens is 2. The maximum atomic E-state index is 11.4. The van der Waals surface area contributed by atoms with E-state index < -0.39 is 0 Å². The highest BCUT2D eigenvalue weighted by Crippen LogP contribution is 2.25. The van der Waals surface area contributed by atoms with Gasteiger partial charge in [0, 0.05) is 20.0 Å². The van der Waals surface area contributed by atoms with Crippen molar-refractivity contribution in [2.45, 2.75) is 26.3 Å². The topological polar surface area (TPSA) is 59.0 Å². The summed E-state index contributed by atoms with van der Waals surface area (Å²) in [6.45, 7) is 3.29. The molecule has 20 heavy (non-hydrogen) atoms. The van der Waals surface area contributed by atoms with Gasteiger partial charge in [0.15, 0.2) is 4.77 Å². The lowest BCUT2D eigenvalue weighted by molar-refractivity contribution is -0.120. The van der Waals surface area contributed by atoms with E-state index in [1.54, 1.807) is 7.05 Å². The van der Waals surface area contributed by atoms with Crippen molar-refractivity contribution in [3.63, 3.8) is 0 Å². The fraction of sp³-hybridized carbons (Fsp3) is 0.429. The van der Waals surface area contributed by atoms with E-state index in [1.807, 2.05) is 22.8 Å². The van der Waals surface area contributed by atoms with E-state index in [0.717, 1.165) is 23.2 Å². The Hall–Kier alpha value is -1.82. The number of ether oxygens (including phenoxy) is 1. The molecule has 0 unspecified atom stereocenters. The van der Waals surface area contributed by atoms with Crippen LogP contribution in [0.1, 0.15) is 19.8 Å². The predicted octanol–water partition coefficient (Wildman–Crippen LogP) is 2.62. The number of nitrogens with zero attached hydrogens (tertiary/aromatic N) is 1. The standard InChI is InChI=1S/C14H19N3O2S/c1-3-9-19-11-6-4-5-10-13(11)16-14(20)17(10)8-7-12(18)15-2/h4-6H,3,7-9H2,1-2H3,(H,15,18)(H,16,20). The number of para-hydroxylation sites is 1. The number of H-pyrrole nitrogens is 1. The summed E-state index contributed by atoms with van der Waals surface area (Å²) in [6.07, 6.45) is 1.35. The second-order valence-electron chi connectivity index (χ2n) is 4.50. The summed E-state index contributed by atoms with van der Waals surface area (Å²) in [5, 5.41) is 2.61. The maximum absolute atomic E-state index is 11.4. The van der Waals surface area contributed by atoms with Gasteiger partial charge in [-0.1, -0.05) is 13.0 Å². The van der Waals surface area contributed by atoms with Gasteiger partial charge in [0.05, 0.1) is 12.1 Å². The minimum atomic E-state index is -0.000336. The van der Waals surface area contributed by atoms with Crippen LogP contribution in [0, 0.1) is 4.77 Å². The van der Waals surface area contributed by atoms with Crippen LogP contribution in [0.5, 0.6) is 5.75 Å². The molecule has 2 N–H and O–H groups in total. The quantitative estimate of drug-likeness (QED) is 0.805. The van der Waals surface area contributed by atoms with E-state index >= 15 is 0 Å².